The quantitative estimate of drug-likeness (QED) is 0.149. The molecule has 0 saturated carbocycles. The number of non-ortho nitro benzene ring substituents is 2. The number of hydrogen-bond acceptors (Lipinski definition) is 8. The van der Waals surface area contributed by atoms with Crippen molar-refractivity contribution in [1.82, 2.24) is 19.6 Å². The SMILES string of the molecule is O=[N+]([O-])c1cccc(CSc2nc3ccccc3c3nc(-c4cccc([N+](=O)[O-])c4)nn23)c1. The Labute approximate surface area is 190 Å². The van der Waals surface area contributed by atoms with E-state index < -0.39 is 9.85 Å². The van der Waals surface area contributed by atoms with E-state index >= 15 is 0 Å². The topological polar surface area (TPSA) is 129 Å². The van der Waals surface area contributed by atoms with Crippen LogP contribution in [0.3, 0.4) is 0 Å². The lowest BCUT2D eigenvalue weighted by molar-refractivity contribution is -0.385. The zero-order valence-corrected chi connectivity index (χ0v) is 17.7. The Balaban J connectivity index is 1.59. The van der Waals surface area contributed by atoms with E-state index in [0.29, 0.717) is 27.9 Å². The van der Waals surface area contributed by atoms with Crippen LogP contribution >= 0.6 is 11.8 Å². The number of para-hydroxylation sites is 1. The molecule has 0 fully saturated rings. The van der Waals surface area contributed by atoms with E-state index in [1.165, 1.54) is 36.0 Å². The second-order valence-corrected chi connectivity index (χ2v) is 8.05. The van der Waals surface area contributed by atoms with Gasteiger partial charge in [-0.05, 0) is 17.7 Å². The number of benzene rings is 3. The Morgan fingerprint density at radius 2 is 1.58 bits per heavy atom. The lowest BCUT2D eigenvalue weighted by Crippen LogP contribution is -1.99. The summed E-state index contributed by atoms with van der Waals surface area (Å²) in [5.41, 5.74) is 2.57. The fourth-order valence-electron chi connectivity index (χ4n) is 3.41. The summed E-state index contributed by atoms with van der Waals surface area (Å²) >= 11 is 1.37. The third-order valence-electron chi connectivity index (χ3n) is 4.95. The minimum Gasteiger partial charge on any atom is -0.258 e. The van der Waals surface area contributed by atoms with Crippen molar-refractivity contribution in [2.24, 2.45) is 0 Å². The number of nitro benzene ring substituents is 2. The fourth-order valence-corrected chi connectivity index (χ4v) is 4.30. The maximum atomic E-state index is 11.2. The third-order valence-corrected chi connectivity index (χ3v) is 5.95. The zero-order chi connectivity index (χ0) is 22.9. The van der Waals surface area contributed by atoms with Gasteiger partial charge in [-0.15, -0.1) is 5.10 Å². The minimum atomic E-state index is -0.462. The predicted molar refractivity (Wildman–Crippen MR) is 123 cm³/mol. The molecule has 0 amide bonds. The molecule has 33 heavy (non-hydrogen) atoms. The summed E-state index contributed by atoms with van der Waals surface area (Å²) in [7, 11) is 0. The van der Waals surface area contributed by atoms with Gasteiger partial charge in [-0.2, -0.15) is 4.52 Å². The van der Waals surface area contributed by atoms with Gasteiger partial charge in [-0.1, -0.05) is 48.2 Å². The molecule has 0 aliphatic heterocycles. The zero-order valence-electron chi connectivity index (χ0n) is 16.9. The Hall–Kier alpha value is -4.38. The Morgan fingerprint density at radius 3 is 2.36 bits per heavy atom. The van der Waals surface area contributed by atoms with Crippen molar-refractivity contribution in [3.8, 4) is 11.4 Å². The summed E-state index contributed by atoms with van der Waals surface area (Å²) in [4.78, 5) is 30.7. The molecule has 0 aliphatic carbocycles. The summed E-state index contributed by atoms with van der Waals surface area (Å²) in [6, 6.07) is 20.1. The second kappa shape index (κ2) is 8.28. The molecule has 0 bridgehead atoms. The van der Waals surface area contributed by atoms with Gasteiger partial charge < -0.3 is 0 Å². The van der Waals surface area contributed by atoms with Crippen LogP contribution in [0.25, 0.3) is 27.9 Å². The highest BCUT2D eigenvalue weighted by atomic mass is 32.2. The Bertz CT molecular complexity index is 1550. The number of fused-ring (bicyclic) bond motifs is 3. The molecule has 11 heteroatoms. The van der Waals surface area contributed by atoms with Crippen LogP contribution in [0.5, 0.6) is 0 Å². The van der Waals surface area contributed by atoms with Gasteiger partial charge in [0.05, 0.1) is 15.4 Å². The average Bonchev–Trinajstić information content (AvgIpc) is 3.29. The van der Waals surface area contributed by atoms with Crippen LogP contribution in [-0.2, 0) is 5.75 Å². The van der Waals surface area contributed by atoms with Crippen LogP contribution in [0.4, 0.5) is 11.4 Å². The van der Waals surface area contributed by atoms with Crippen LogP contribution < -0.4 is 0 Å². The number of rotatable bonds is 6. The highest BCUT2D eigenvalue weighted by Gasteiger charge is 2.17. The first-order chi connectivity index (χ1) is 16.0. The molecular formula is C22H14N6O4S. The minimum absolute atomic E-state index is 0.0263. The van der Waals surface area contributed by atoms with Gasteiger partial charge in [0.15, 0.2) is 16.6 Å². The van der Waals surface area contributed by atoms with E-state index in [4.69, 9.17) is 4.98 Å². The van der Waals surface area contributed by atoms with Crippen molar-refractivity contribution in [1.29, 1.82) is 0 Å². The summed E-state index contributed by atoms with van der Waals surface area (Å²) in [5, 5.41) is 28.2. The largest absolute Gasteiger partial charge is 0.270 e. The van der Waals surface area contributed by atoms with Gasteiger partial charge >= 0.3 is 0 Å². The monoisotopic (exact) mass is 458 g/mol. The molecule has 0 radical (unpaired) electrons. The van der Waals surface area contributed by atoms with Crippen molar-refractivity contribution < 1.29 is 9.85 Å². The lowest BCUT2D eigenvalue weighted by Gasteiger charge is -2.06. The van der Waals surface area contributed by atoms with Crippen molar-refractivity contribution in [2.75, 3.05) is 0 Å². The smallest absolute Gasteiger partial charge is 0.258 e. The van der Waals surface area contributed by atoms with Crippen LogP contribution in [0.15, 0.2) is 78.0 Å². The van der Waals surface area contributed by atoms with Gasteiger partial charge in [0.2, 0.25) is 0 Å². The van der Waals surface area contributed by atoms with Crippen molar-refractivity contribution in [3.63, 3.8) is 0 Å². The molecule has 0 aliphatic rings. The molecule has 0 N–H and O–H groups in total. The third kappa shape index (κ3) is 3.96. The van der Waals surface area contributed by atoms with E-state index in [1.807, 2.05) is 30.3 Å². The molecule has 0 atom stereocenters. The fraction of sp³-hybridized carbons (Fsp3) is 0.0455. The number of nitrogens with zero attached hydrogens (tertiary/aromatic N) is 6. The van der Waals surface area contributed by atoms with Crippen LogP contribution in [0.1, 0.15) is 5.56 Å². The molecule has 2 aromatic heterocycles. The standard InChI is InChI=1S/C22H14N6O4S/c29-27(30)16-7-3-5-14(11-16)13-33-22-23-19-10-2-1-9-18(19)21-24-20(25-26(21)22)15-6-4-8-17(12-15)28(31)32/h1-12H,13H2. The molecule has 5 aromatic rings. The maximum absolute atomic E-state index is 11.2. The van der Waals surface area contributed by atoms with Gasteiger partial charge in [0.1, 0.15) is 0 Å². The molecule has 0 spiro atoms. The maximum Gasteiger partial charge on any atom is 0.270 e. The summed E-state index contributed by atoms with van der Waals surface area (Å²) in [6.07, 6.45) is 0. The highest BCUT2D eigenvalue weighted by molar-refractivity contribution is 7.98. The van der Waals surface area contributed by atoms with Crippen LogP contribution in [0, 0.1) is 20.2 Å². The Kier molecular flexibility index (Phi) is 5.15. The van der Waals surface area contributed by atoms with Gasteiger partial charge in [-0.3, -0.25) is 20.2 Å². The van der Waals surface area contributed by atoms with Crippen molar-refractivity contribution in [2.45, 2.75) is 10.9 Å². The van der Waals surface area contributed by atoms with Gasteiger partial charge in [0, 0.05) is 41.0 Å². The number of nitro groups is 2. The van der Waals surface area contributed by atoms with Crippen LogP contribution in [-0.4, -0.2) is 29.4 Å². The van der Waals surface area contributed by atoms with Crippen molar-refractivity contribution in [3.05, 3.63) is 98.6 Å². The molecule has 0 unspecified atom stereocenters. The van der Waals surface area contributed by atoms with Crippen molar-refractivity contribution >= 4 is 39.7 Å². The van der Waals surface area contributed by atoms with E-state index in [1.54, 1.807) is 22.7 Å². The van der Waals surface area contributed by atoms with Crippen LogP contribution in [0.2, 0.25) is 0 Å². The first kappa shape index (κ1) is 20.5. The van der Waals surface area contributed by atoms with Gasteiger partial charge in [-0.25, -0.2) is 9.97 Å². The summed E-state index contributed by atoms with van der Waals surface area (Å²) < 4.78 is 1.61. The molecule has 5 rings (SSSR count). The van der Waals surface area contributed by atoms with E-state index in [2.05, 4.69) is 10.1 Å². The predicted octanol–water partition coefficient (Wildman–Crippen LogP) is 5.05. The first-order valence-corrected chi connectivity index (χ1v) is 10.7. The van der Waals surface area contributed by atoms with E-state index in [0.717, 1.165) is 16.5 Å². The molecule has 3 aromatic carbocycles. The summed E-state index contributed by atoms with van der Waals surface area (Å²) in [6.45, 7) is 0. The second-order valence-electron chi connectivity index (χ2n) is 7.11. The molecule has 0 saturated heterocycles. The van der Waals surface area contributed by atoms with E-state index in [-0.39, 0.29) is 11.4 Å². The first-order valence-electron chi connectivity index (χ1n) is 9.76. The normalized spacial score (nSPS) is 11.2. The molecular weight excluding hydrogens is 444 g/mol. The average molecular weight is 458 g/mol. The molecule has 10 nitrogen and oxygen atoms in total. The van der Waals surface area contributed by atoms with Gasteiger partial charge in [0.25, 0.3) is 11.4 Å². The summed E-state index contributed by atoms with van der Waals surface area (Å²) in [5.74, 6) is 0.780. The molecule has 162 valence electrons. The lowest BCUT2D eigenvalue weighted by atomic mass is 10.2. The Morgan fingerprint density at radius 1 is 0.848 bits per heavy atom. The highest BCUT2D eigenvalue weighted by Crippen LogP contribution is 2.29. The number of thioether (sulfide) groups is 1. The molecule has 2 heterocycles. The number of hydrogen-bond donors (Lipinski definition) is 0. The number of aromatic nitrogens is 4. The van der Waals surface area contributed by atoms with E-state index in [9.17, 15) is 20.2 Å².